The lowest BCUT2D eigenvalue weighted by molar-refractivity contribution is 0.187. The zero-order valence-electron chi connectivity index (χ0n) is 14.6. The van der Waals surface area contributed by atoms with Gasteiger partial charge in [-0.15, -0.1) is 0 Å². The molecule has 2 N–H and O–H groups in total. The summed E-state index contributed by atoms with van der Waals surface area (Å²) in [5, 5.41) is 14.5. The number of benzene rings is 1. The summed E-state index contributed by atoms with van der Waals surface area (Å²) in [5.41, 5.74) is 2.81. The zero-order chi connectivity index (χ0) is 19.5. The predicted molar refractivity (Wildman–Crippen MR) is 103 cm³/mol. The molecule has 10 heteroatoms. The van der Waals surface area contributed by atoms with Crippen molar-refractivity contribution in [2.24, 2.45) is 0 Å². The molecule has 0 saturated heterocycles. The molecule has 0 aliphatic heterocycles. The molecule has 1 aromatic carbocycles. The molecule has 3 aromatic heterocycles. The third kappa shape index (κ3) is 3.42. The number of carbonyl (C=O) groups is 1. The summed E-state index contributed by atoms with van der Waals surface area (Å²) in [5.74, 6) is 0.892. The van der Waals surface area contributed by atoms with Gasteiger partial charge in [0.1, 0.15) is 17.8 Å². The first-order chi connectivity index (χ1) is 13.7. The van der Waals surface area contributed by atoms with Gasteiger partial charge in [-0.1, -0.05) is 29.8 Å². The molecule has 1 amide bonds. The van der Waals surface area contributed by atoms with E-state index < -0.39 is 6.09 Å². The summed E-state index contributed by atoms with van der Waals surface area (Å²) in [7, 11) is 1.28. The summed E-state index contributed by atoms with van der Waals surface area (Å²) in [6.45, 7) is 0. The minimum atomic E-state index is -0.607. The Labute approximate surface area is 164 Å². The molecule has 4 rings (SSSR count). The average molecular weight is 396 g/mol. The highest BCUT2D eigenvalue weighted by Crippen LogP contribution is 2.34. The van der Waals surface area contributed by atoms with Crippen LogP contribution in [0.5, 0.6) is 0 Å². The van der Waals surface area contributed by atoms with Crippen LogP contribution in [0.2, 0.25) is 5.02 Å². The summed E-state index contributed by atoms with van der Waals surface area (Å²) in [6, 6.07) is 10.8. The van der Waals surface area contributed by atoms with Crippen molar-refractivity contribution in [3.63, 3.8) is 0 Å². The average Bonchev–Trinajstić information content (AvgIpc) is 3.38. The SMILES string of the molecule is COC(=O)Nc1cc(-n2cc(-c3ncn[nH]3)c(-c3ccccc3Cl)n2)ccn1. The van der Waals surface area contributed by atoms with E-state index in [9.17, 15) is 4.79 Å². The number of nitrogens with one attached hydrogen (secondary N) is 2. The van der Waals surface area contributed by atoms with Crippen LogP contribution >= 0.6 is 11.6 Å². The highest BCUT2D eigenvalue weighted by atomic mass is 35.5. The fourth-order valence-corrected chi connectivity index (χ4v) is 2.88. The van der Waals surface area contributed by atoms with Crippen molar-refractivity contribution in [1.29, 1.82) is 0 Å². The third-order valence-electron chi connectivity index (χ3n) is 3.94. The van der Waals surface area contributed by atoms with Crippen LogP contribution in [-0.4, -0.2) is 43.1 Å². The Balaban J connectivity index is 1.82. The van der Waals surface area contributed by atoms with Gasteiger partial charge in [-0.05, 0) is 12.1 Å². The minimum absolute atomic E-state index is 0.334. The van der Waals surface area contributed by atoms with Gasteiger partial charge < -0.3 is 4.74 Å². The summed E-state index contributed by atoms with van der Waals surface area (Å²) >= 11 is 6.38. The molecule has 0 aliphatic carbocycles. The molecule has 9 nitrogen and oxygen atoms in total. The molecule has 0 aliphatic rings. The molecule has 0 bridgehead atoms. The first-order valence-electron chi connectivity index (χ1n) is 8.17. The first-order valence-corrected chi connectivity index (χ1v) is 8.55. The lowest BCUT2D eigenvalue weighted by Crippen LogP contribution is -2.12. The summed E-state index contributed by atoms with van der Waals surface area (Å²) in [4.78, 5) is 19.8. The van der Waals surface area contributed by atoms with Crippen LogP contribution in [0, 0.1) is 0 Å². The number of hydrogen-bond acceptors (Lipinski definition) is 6. The van der Waals surface area contributed by atoms with Gasteiger partial charge in [0.05, 0.1) is 23.4 Å². The number of aromatic amines is 1. The number of H-pyrrole nitrogens is 1. The monoisotopic (exact) mass is 395 g/mol. The molecule has 3 heterocycles. The van der Waals surface area contributed by atoms with Crippen LogP contribution in [0.4, 0.5) is 10.6 Å². The molecule has 0 saturated carbocycles. The van der Waals surface area contributed by atoms with Gasteiger partial charge >= 0.3 is 6.09 Å². The summed E-state index contributed by atoms with van der Waals surface area (Å²) in [6.07, 6.45) is 4.18. The number of anilines is 1. The number of rotatable bonds is 4. The second-order valence-corrected chi connectivity index (χ2v) is 6.07. The van der Waals surface area contributed by atoms with E-state index in [4.69, 9.17) is 11.6 Å². The van der Waals surface area contributed by atoms with Gasteiger partial charge in [0.25, 0.3) is 0 Å². The number of hydrogen-bond donors (Lipinski definition) is 2. The van der Waals surface area contributed by atoms with Crippen LogP contribution in [0.15, 0.2) is 55.1 Å². The standard InChI is InChI=1S/C18H14ClN7O2/c1-28-18(27)23-15-8-11(6-7-20-15)26-9-13(17-21-10-22-24-17)16(25-26)12-4-2-3-5-14(12)19/h2-10H,1H3,(H,20,23,27)(H,21,22,24). The third-order valence-corrected chi connectivity index (χ3v) is 4.27. The van der Waals surface area contributed by atoms with E-state index in [2.05, 4.69) is 35.3 Å². The topological polar surface area (TPSA) is 111 Å². The van der Waals surface area contributed by atoms with Crippen molar-refractivity contribution >= 4 is 23.5 Å². The number of methoxy groups -OCH3 is 1. The molecule has 0 unspecified atom stereocenters. The normalized spacial score (nSPS) is 10.6. The predicted octanol–water partition coefficient (Wildman–Crippen LogP) is 3.55. The Hall–Kier alpha value is -3.72. The Kier molecular flexibility index (Phi) is 4.73. The van der Waals surface area contributed by atoms with Crippen LogP contribution in [0.1, 0.15) is 0 Å². The minimum Gasteiger partial charge on any atom is -0.453 e. The second kappa shape index (κ2) is 7.49. The van der Waals surface area contributed by atoms with Crippen molar-refractivity contribution in [2.75, 3.05) is 12.4 Å². The van der Waals surface area contributed by atoms with Crippen LogP contribution in [0.3, 0.4) is 0 Å². The van der Waals surface area contributed by atoms with E-state index in [-0.39, 0.29) is 0 Å². The second-order valence-electron chi connectivity index (χ2n) is 5.67. The fraction of sp³-hybridized carbons (Fsp3) is 0.0556. The molecule has 0 fully saturated rings. The molecule has 140 valence electrons. The number of halogens is 1. The molecule has 0 spiro atoms. The lowest BCUT2D eigenvalue weighted by Gasteiger charge is -2.05. The number of carbonyl (C=O) groups excluding carboxylic acids is 1. The highest BCUT2D eigenvalue weighted by molar-refractivity contribution is 6.33. The largest absolute Gasteiger partial charge is 0.453 e. The van der Waals surface area contributed by atoms with Crippen molar-refractivity contribution in [3.8, 4) is 28.3 Å². The van der Waals surface area contributed by atoms with Gasteiger partial charge in [0.15, 0.2) is 5.82 Å². The molecular weight excluding hydrogens is 382 g/mol. The number of aromatic nitrogens is 6. The van der Waals surface area contributed by atoms with Crippen LogP contribution in [0.25, 0.3) is 28.3 Å². The first kappa shape index (κ1) is 17.7. The van der Waals surface area contributed by atoms with Crippen molar-refractivity contribution in [3.05, 3.63) is 60.1 Å². The Morgan fingerprint density at radius 2 is 2.07 bits per heavy atom. The van der Waals surface area contributed by atoms with Gasteiger partial charge in [0.2, 0.25) is 0 Å². The van der Waals surface area contributed by atoms with E-state index >= 15 is 0 Å². The molecule has 0 atom stereocenters. The van der Waals surface area contributed by atoms with Gasteiger partial charge in [0, 0.05) is 24.0 Å². The maximum atomic E-state index is 11.4. The Morgan fingerprint density at radius 3 is 2.82 bits per heavy atom. The van der Waals surface area contributed by atoms with E-state index in [1.165, 1.54) is 13.4 Å². The van der Waals surface area contributed by atoms with E-state index in [0.717, 1.165) is 11.1 Å². The quantitative estimate of drug-likeness (QED) is 0.546. The van der Waals surface area contributed by atoms with E-state index in [1.54, 1.807) is 35.3 Å². The number of ether oxygens (including phenoxy) is 1. The smallest absolute Gasteiger partial charge is 0.412 e. The maximum absolute atomic E-state index is 11.4. The van der Waals surface area contributed by atoms with Crippen LogP contribution < -0.4 is 5.32 Å². The highest BCUT2D eigenvalue weighted by Gasteiger charge is 2.18. The lowest BCUT2D eigenvalue weighted by atomic mass is 10.1. The van der Waals surface area contributed by atoms with E-state index in [0.29, 0.717) is 28.0 Å². The Bertz CT molecular complexity index is 1120. The molecular formula is C18H14ClN7O2. The van der Waals surface area contributed by atoms with Gasteiger partial charge in [-0.2, -0.15) is 10.2 Å². The molecule has 0 radical (unpaired) electrons. The number of pyridine rings is 1. The fourth-order valence-electron chi connectivity index (χ4n) is 2.65. The number of nitrogens with zero attached hydrogens (tertiary/aromatic N) is 5. The number of amides is 1. The Morgan fingerprint density at radius 1 is 1.21 bits per heavy atom. The maximum Gasteiger partial charge on any atom is 0.412 e. The van der Waals surface area contributed by atoms with Crippen LogP contribution in [-0.2, 0) is 4.74 Å². The van der Waals surface area contributed by atoms with Crippen molar-refractivity contribution < 1.29 is 9.53 Å². The molecule has 28 heavy (non-hydrogen) atoms. The van der Waals surface area contributed by atoms with Crippen molar-refractivity contribution in [1.82, 2.24) is 29.9 Å². The van der Waals surface area contributed by atoms with Crippen molar-refractivity contribution in [2.45, 2.75) is 0 Å². The zero-order valence-corrected chi connectivity index (χ0v) is 15.4. The molecule has 4 aromatic rings. The van der Waals surface area contributed by atoms with Gasteiger partial charge in [-0.25, -0.2) is 19.4 Å². The summed E-state index contributed by atoms with van der Waals surface area (Å²) < 4.78 is 6.25. The van der Waals surface area contributed by atoms with E-state index in [1.807, 2.05) is 18.2 Å². The van der Waals surface area contributed by atoms with Gasteiger partial charge in [-0.3, -0.25) is 10.4 Å².